The first-order valence-corrected chi connectivity index (χ1v) is 12.8. The number of guanidine groups is 1. The van der Waals surface area contributed by atoms with Gasteiger partial charge in [0.05, 0.1) is 17.8 Å². The molecule has 0 atom stereocenters. The number of likely N-dealkylation sites (tertiary alicyclic amines) is 2. The summed E-state index contributed by atoms with van der Waals surface area (Å²) in [5.41, 5.74) is 1.32. The molecule has 196 valence electrons. The molecular weight excluding hydrogens is 465 g/mol. The van der Waals surface area contributed by atoms with E-state index in [1.54, 1.807) is 12.1 Å². The van der Waals surface area contributed by atoms with Gasteiger partial charge in [-0.2, -0.15) is 13.2 Å². The number of aliphatic imine (C=N–C) groups is 1. The molecule has 2 saturated heterocycles. The Bertz CT molecular complexity index is 1060. The fourth-order valence-electron chi connectivity index (χ4n) is 5.00. The van der Waals surface area contributed by atoms with Crippen LogP contribution in [0.4, 0.5) is 18.9 Å². The number of benzene rings is 2. The normalized spacial score (nSPS) is 18.6. The summed E-state index contributed by atoms with van der Waals surface area (Å²) in [4.78, 5) is 9.46. The van der Waals surface area contributed by atoms with E-state index in [9.17, 15) is 18.3 Å². The van der Waals surface area contributed by atoms with E-state index >= 15 is 0 Å². The maximum atomic E-state index is 13.2. The Morgan fingerprint density at radius 3 is 2.31 bits per heavy atom. The molecule has 0 aromatic heterocycles. The molecule has 2 N–H and O–H groups in total. The highest BCUT2D eigenvalue weighted by molar-refractivity contribution is 5.95. The number of piperidine rings is 1. The van der Waals surface area contributed by atoms with Gasteiger partial charge < -0.3 is 20.2 Å². The van der Waals surface area contributed by atoms with Crippen molar-refractivity contribution in [3.05, 3.63) is 59.2 Å². The molecule has 36 heavy (non-hydrogen) atoms. The third-order valence-electron chi connectivity index (χ3n) is 7.20. The number of halogens is 3. The number of alkyl halides is 3. The molecule has 8 heteroatoms. The number of phenols is 1. The fraction of sp³-hybridized carbons (Fsp3) is 0.536. The first kappa shape index (κ1) is 26.3. The standard InChI is InChI=1S/C28H37F3N4O/c1-27(2,3)21-9-10-25(36)24(18-21)33-26(32-19-20-7-6-8-22(17-20)28(29,30)31)35-15-11-23(12-16-35)34-13-4-5-14-34/h6-10,17-18,23,36H,4-5,11-16,19H2,1-3H3,(H,32,33). The summed E-state index contributed by atoms with van der Waals surface area (Å²) >= 11 is 0. The van der Waals surface area contributed by atoms with E-state index in [4.69, 9.17) is 4.99 Å². The van der Waals surface area contributed by atoms with Crippen LogP contribution in [0.2, 0.25) is 0 Å². The molecular formula is C28H37F3N4O. The van der Waals surface area contributed by atoms with Crippen molar-refractivity contribution >= 4 is 11.6 Å². The van der Waals surface area contributed by atoms with Gasteiger partial charge in [-0.25, -0.2) is 4.99 Å². The molecule has 0 saturated carbocycles. The number of rotatable bonds is 4. The number of anilines is 1. The zero-order valence-electron chi connectivity index (χ0n) is 21.4. The van der Waals surface area contributed by atoms with Gasteiger partial charge in [0.15, 0.2) is 5.96 Å². The molecule has 2 aromatic rings. The van der Waals surface area contributed by atoms with Crippen LogP contribution in [0.1, 0.15) is 63.1 Å². The number of hydrogen-bond acceptors (Lipinski definition) is 3. The van der Waals surface area contributed by atoms with E-state index in [-0.39, 0.29) is 17.7 Å². The van der Waals surface area contributed by atoms with Crippen LogP contribution in [0.5, 0.6) is 5.75 Å². The molecule has 2 aromatic carbocycles. The van der Waals surface area contributed by atoms with Crippen LogP contribution in [0.3, 0.4) is 0 Å². The molecule has 0 unspecified atom stereocenters. The van der Waals surface area contributed by atoms with Crippen LogP contribution in [0.15, 0.2) is 47.5 Å². The Morgan fingerprint density at radius 1 is 0.972 bits per heavy atom. The van der Waals surface area contributed by atoms with E-state index in [1.165, 1.54) is 18.9 Å². The summed E-state index contributed by atoms with van der Waals surface area (Å²) in [5, 5.41) is 13.9. The molecule has 5 nitrogen and oxygen atoms in total. The van der Waals surface area contributed by atoms with Gasteiger partial charge in [0.2, 0.25) is 0 Å². The van der Waals surface area contributed by atoms with E-state index < -0.39 is 11.7 Å². The molecule has 0 bridgehead atoms. The third-order valence-corrected chi connectivity index (χ3v) is 7.20. The number of aromatic hydroxyl groups is 1. The van der Waals surface area contributed by atoms with Crippen molar-refractivity contribution in [3.63, 3.8) is 0 Å². The number of phenolic OH excluding ortho intramolecular Hbond substituents is 1. The Balaban J connectivity index is 1.57. The summed E-state index contributed by atoms with van der Waals surface area (Å²) in [5.74, 6) is 0.690. The van der Waals surface area contributed by atoms with Gasteiger partial charge in [0.25, 0.3) is 0 Å². The lowest BCUT2D eigenvalue weighted by Gasteiger charge is -2.38. The summed E-state index contributed by atoms with van der Waals surface area (Å²) in [7, 11) is 0. The van der Waals surface area contributed by atoms with Crippen LogP contribution in [0.25, 0.3) is 0 Å². The second-order valence-corrected chi connectivity index (χ2v) is 10.9. The highest BCUT2D eigenvalue weighted by Gasteiger charge is 2.31. The molecule has 0 radical (unpaired) electrons. The highest BCUT2D eigenvalue weighted by atomic mass is 19.4. The van der Waals surface area contributed by atoms with Crippen LogP contribution < -0.4 is 5.32 Å². The Morgan fingerprint density at radius 2 is 1.67 bits per heavy atom. The Labute approximate surface area is 212 Å². The minimum absolute atomic E-state index is 0.104. The van der Waals surface area contributed by atoms with E-state index in [0.717, 1.165) is 56.7 Å². The SMILES string of the molecule is CC(C)(C)c1ccc(O)c(NC(=NCc2cccc(C(F)(F)F)c2)N2CCC(N3CCCC3)CC2)c1. The molecule has 0 amide bonds. The van der Waals surface area contributed by atoms with Crippen molar-refractivity contribution in [1.82, 2.24) is 9.80 Å². The summed E-state index contributed by atoms with van der Waals surface area (Å²) < 4.78 is 39.6. The first-order chi connectivity index (χ1) is 17.0. The van der Waals surface area contributed by atoms with Crippen molar-refractivity contribution in [2.75, 3.05) is 31.5 Å². The van der Waals surface area contributed by atoms with Gasteiger partial charge in [-0.1, -0.05) is 39.0 Å². The number of nitrogens with zero attached hydrogens (tertiary/aromatic N) is 3. The lowest BCUT2D eigenvalue weighted by atomic mass is 9.87. The molecule has 2 aliphatic rings. The summed E-state index contributed by atoms with van der Waals surface area (Å²) in [6.07, 6.45) is 0.151. The van der Waals surface area contributed by atoms with Gasteiger partial charge >= 0.3 is 6.18 Å². The smallest absolute Gasteiger partial charge is 0.416 e. The van der Waals surface area contributed by atoms with Crippen LogP contribution >= 0.6 is 0 Å². The van der Waals surface area contributed by atoms with Gasteiger partial charge in [-0.05, 0) is 79.6 Å². The molecule has 4 rings (SSSR count). The number of hydrogen-bond donors (Lipinski definition) is 2. The van der Waals surface area contributed by atoms with Gasteiger partial charge in [0, 0.05) is 19.1 Å². The van der Waals surface area contributed by atoms with Crippen molar-refractivity contribution in [2.24, 2.45) is 4.99 Å². The molecule has 2 heterocycles. The van der Waals surface area contributed by atoms with Crippen molar-refractivity contribution in [2.45, 2.75) is 70.6 Å². The Kier molecular flexibility index (Phi) is 7.83. The molecule has 2 fully saturated rings. The zero-order valence-corrected chi connectivity index (χ0v) is 21.4. The maximum Gasteiger partial charge on any atom is 0.416 e. The number of nitrogens with one attached hydrogen (secondary N) is 1. The van der Waals surface area contributed by atoms with Crippen LogP contribution in [-0.2, 0) is 18.1 Å². The van der Waals surface area contributed by atoms with Gasteiger partial charge in [0.1, 0.15) is 5.75 Å². The second-order valence-electron chi connectivity index (χ2n) is 10.9. The molecule has 2 aliphatic heterocycles. The van der Waals surface area contributed by atoms with E-state index in [0.29, 0.717) is 23.3 Å². The first-order valence-electron chi connectivity index (χ1n) is 12.8. The molecule has 0 spiro atoms. The minimum atomic E-state index is -4.39. The quantitative estimate of drug-likeness (QED) is 0.295. The summed E-state index contributed by atoms with van der Waals surface area (Å²) in [6.45, 7) is 10.3. The fourth-order valence-corrected chi connectivity index (χ4v) is 5.00. The second kappa shape index (κ2) is 10.7. The summed E-state index contributed by atoms with van der Waals surface area (Å²) in [6, 6.07) is 11.4. The van der Waals surface area contributed by atoms with Crippen molar-refractivity contribution < 1.29 is 18.3 Å². The van der Waals surface area contributed by atoms with E-state index in [2.05, 4.69) is 35.9 Å². The topological polar surface area (TPSA) is 51.1 Å². The van der Waals surface area contributed by atoms with Crippen molar-refractivity contribution in [3.8, 4) is 5.75 Å². The zero-order chi connectivity index (χ0) is 25.9. The largest absolute Gasteiger partial charge is 0.506 e. The average molecular weight is 503 g/mol. The monoisotopic (exact) mass is 502 g/mol. The minimum Gasteiger partial charge on any atom is -0.506 e. The molecule has 0 aliphatic carbocycles. The average Bonchev–Trinajstić information content (AvgIpc) is 3.37. The van der Waals surface area contributed by atoms with Crippen molar-refractivity contribution in [1.29, 1.82) is 0 Å². The predicted molar refractivity (Wildman–Crippen MR) is 138 cm³/mol. The van der Waals surface area contributed by atoms with Crippen LogP contribution in [-0.4, -0.2) is 53.1 Å². The van der Waals surface area contributed by atoms with E-state index in [1.807, 2.05) is 12.1 Å². The Hall–Kier alpha value is -2.74. The third kappa shape index (κ3) is 6.52. The van der Waals surface area contributed by atoms with Gasteiger partial charge in [-0.3, -0.25) is 0 Å². The lowest BCUT2D eigenvalue weighted by Crippen LogP contribution is -2.47. The van der Waals surface area contributed by atoms with Gasteiger partial charge in [-0.15, -0.1) is 0 Å². The lowest BCUT2D eigenvalue weighted by molar-refractivity contribution is -0.137. The highest BCUT2D eigenvalue weighted by Crippen LogP contribution is 2.32. The van der Waals surface area contributed by atoms with Crippen LogP contribution in [0, 0.1) is 0 Å². The predicted octanol–water partition coefficient (Wildman–Crippen LogP) is 6.24. The maximum absolute atomic E-state index is 13.2.